The Balaban J connectivity index is 1.57. The highest BCUT2D eigenvalue weighted by molar-refractivity contribution is 7.82. The number of amides is 1. The van der Waals surface area contributed by atoms with Crippen molar-refractivity contribution < 1.29 is 26.3 Å². The molecule has 9 rings (SSSR count). The van der Waals surface area contributed by atoms with Crippen LogP contribution in [0.2, 0.25) is 0 Å². The minimum atomic E-state index is -4.31. The zero-order valence-corrected chi connectivity index (χ0v) is 16.9. The standard InChI is InChI=1S/C21H20N2O6S/c24-15-9-14-17-16-11(5-8-27-14)10-22-7-6-20-12-3-1-2-4-13(12)23(15)21(17,20)29-30(25,26)28-18(16)19(20)22/h1-5,14,16-19H,6-10H2/t14?,16-,17-,18?,19+,20+,21?/m0/s1. The minimum Gasteiger partial charge on any atom is -0.373 e. The number of para-hydroxylation sites is 1. The monoisotopic (exact) mass is 428 g/mol. The average Bonchev–Trinajstić information content (AvgIpc) is 3.05. The van der Waals surface area contributed by atoms with E-state index in [4.69, 9.17) is 13.1 Å². The summed E-state index contributed by atoms with van der Waals surface area (Å²) in [5.74, 6) is -0.585. The molecule has 8 nitrogen and oxygen atoms in total. The number of carbonyl (C=O) groups is 1. The highest BCUT2D eigenvalue weighted by Crippen LogP contribution is 2.73. The molecule has 1 saturated carbocycles. The SMILES string of the molecule is O=C1CC2OCC=C3CN4CC[C@]56c7ccccc7N1C51OS(=O)(=O)OC([C@@H]3[C@H]21)[C@@H]46. The van der Waals surface area contributed by atoms with Crippen molar-refractivity contribution in [1.29, 1.82) is 0 Å². The van der Waals surface area contributed by atoms with Crippen LogP contribution in [0.15, 0.2) is 35.9 Å². The van der Waals surface area contributed by atoms with Gasteiger partial charge in [0.15, 0.2) is 5.72 Å². The first kappa shape index (κ1) is 16.9. The number of piperidine rings is 2. The van der Waals surface area contributed by atoms with Gasteiger partial charge in [-0.25, -0.2) is 8.37 Å². The van der Waals surface area contributed by atoms with E-state index in [2.05, 4.69) is 11.0 Å². The highest BCUT2D eigenvalue weighted by Gasteiger charge is 2.85. The molecule has 7 atom stereocenters. The summed E-state index contributed by atoms with van der Waals surface area (Å²) in [6, 6.07) is 7.68. The second kappa shape index (κ2) is 4.83. The van der Waals surface area contributed by atoms with E-state index in [0.29, 0.717) is 6.61 Å². The summed E-state index contributed by atoms with van der Waals surface area (Å²) in [7, 11) is -4.31. The van der Waals surface area contributed by atoms with E-state index in [1.54, 1.807) is 4.90 Å². The Morgan fingerprint density at radius 3 is 2.97 bits per heavy atom. The fourth-order valence-electron chi connectivity index (χ4n) is 8.18. The highest BCUT2D eigenvalue weighted by atomic mass is 32.3. The van der Waals surface area contributed by atoms with E-state index in [9.17, 15) is 13.2 Å². The third-order valence-corrected chi connectivity index (χ3v) is 9.66. The smallest absolute Gasteiger partial charge is 0.373 e. The van der Waals surface area contributed by atoms with Gasteiger partial charge in [-0.2, -0.15) is 8.42 Å². The van der Waals surface area contributed by atoms with E-state index >= 15 is 0 Å². The summed E-state index contributed by atoms with van der Waals surface area (Å²) in [5, 5.41) is 0. The minimum absolute atomic E-state index is 0.143. The largest absolute Gasteiger partial charge is 0.402 e. The van der Waals surface area contributed by atoms with Crippen LogP contribution in [0.3, 0.4) is 0 Å². The van der Waals surface area contributed by atoms with Crippen molar-refractivity contribution in [2.75, 3.05) is 24.6 Å². The number of hydrogen-bond acceptors (Lipinski definition) is 7. The van der Waals surface area contributed by atoms with Crippen molar-refractivity contribution in [3.63, 3.8) is 0 Å². The molecule has 2 spiro atoms. The molecule has 0 radical (unpaired) electrons. The Labute approximate surface area is 173 Å². The zero-order chi connectivity index (χ0) is 20.0. The molecule has 1 amide bonds. The summed E-state index contributed by atoms with van der Waals surface area (Å²) in [6.07, 6.45) is 2.08. The number of carbonyl (C=O) groups excluding carboxylic acids is 1. The first-order valence-corrected chi connectivity index (χ1v) is 11.9. The third-order valence-electron chi connectivity index (χ3n) is 8.75. The number of fused-ring (bicyclic) bond motifs is 4. The van der Waals surface area contributed by atoms with Crippen LogP contribution in [0.1, 0.15) is 18.4 Å². The predicted octanol–water partition coefficient (Wildman–Crippen LogP) is 0.690. The molecular formula is C21H20N2O6S. The molecule has 9 heteroatoms. The normalized spacial score (nSPS) is 48.8. The molecule has 7 aliphatic heterocycles. The lowest BCUT2D eigenvalue weighted by Crippen LogP contribution is -2.80. The number of anilines is 1. The van der Waals surface area contributed by atoms with E-state index in [0.717, 1.165) is 36.3 Å². The molecule has 0 aromatic heterocycles. The zero-order valence-electron chi connectivity index (χ0n) is 16.1. The van der Waals surface area contributed by atoms with E-state index in [-0.39, 0.29) is 30.2 Å². The van der Waals surface area contributed by atoms with E-state index in [1.165, 1.54) is 0 Å². The van der Waals surface area contributed by atoms with Crippen molar-refractivity contribution in [2.45, 2.75) is 42.2 Å². The Hall–Kier alpha value is -1.78. The van der Waals surface area contributed by atoms with Crippen molar-refractivity contribution in [3.8, 4) is 0 Å². The molecule has 156 valence electrons. The molecule has 5 saturated heterocycles. The molecule has 1 aromatic rings. The van der Waals surface area contributed by atoms with Gasteiger partial charge in [0.25, 0.3) is 0 Å². The van der Waals surface area contributed by atoms with Gasteiger partial charge in [0.05, 0.1) is 36.3 Å². The second-order valence-electron chi connectivity index (χ2n) is 9.54. The van der Waals surface area contributed by atoms with Gasteiger partial charge in [-0.3, -0.25) is 14.6 Å². The summed E-state index contributed by atoms with van der Waals surface area (Å²) >= 11 is 0. The fraction of sp³-hybridized carbons (Fsp3) is 0.571. The van der Waals surface area contributed by atoms with Gasteiger partial charge in [-0.1, -0.05) is 29.8 Å². The van der Waals surface area contributed by atoms with Gasteiger partial charge >= 0.3 is 10.4 Å². The number of hydrogen-bond donors (Lipinski definition) is 0. The van der Waals surface area contributed by atoms with Crippen molar-refractivity contribution in [1.82, 2.24) is 4.90 Å². The molecule has 7 heterocycles. The number of rotatable bonds is 0. The first-order valence-electron chi connectivity index (χ1n) is 10.6. The Morgan fingerprint density at radius 1 is 1.20 bits per heavy atom. The van der Waals surface area contributed by atoms with Crippen molar-refractivity contribution in [3.05, 3.63) is 41.5 Å². The van der Waals surface area contributed by atoms with Crippen molar-refractivity contribution >= 4 is 22.0 Å². The molecule has 6 fully saturated rings. The van der Waals surface area contributed by atoms with Crippen LogP contribution in [-0.4, -0.2) is 62.9 Å². The molecule has 0 N–H and O–H groups in total. The summed E-state index contributed by atoms with van der Waals surface area (Å²) in [5.41, 5.74) is 0.932. The number of benzene rings is 1. The number of nitrogens with zero attached hydrogens (tertiary/aromatic N) is 2. The van der Waals surface area contributed by atoms with E-state index in [1.807, 2.05) is 24.3 Å². The lowest BCUT2D eigenvalue weighted by atomic mass is 9.50. The molecule has 30 heavy (non-hydrogen) atoms. The van der Waals surface area contributed by atoms with Crippen LogP contribution in [0, 0.1) is 11.8 Å². The summed E-state index contributed by atoms with van der Waals surface area (Å²) in [6.45, 7) is 2.03. The Kier molecular flexibility index (Phi) is 2.72. The fourth-order valence-corrected chi connectivity index (χ4v) is 9.37. The molecule has 4 bridgehead atoms. The van der Waals surface area contributed by atoms with Gasteiger partial charge in [-0.15, -0.1) is 0 Å². The molecule has 3 unspecified atom stereocenters. The topological polar surface area (TPSA) is 85.4 Å². The maximum absolute atomic E-state index is 13.6. The Morgan fingerprint density at radius 2 is 2.07 bits per heavy atom. The molecule has 1 aliphatic carbocycles. The maximum atomic E-state index is 13.6. The van der Waals surface area contributed by atoms with Crippen molar-refractivity contribution in [2.24, 2.45) is 11.8 Å². The third kappa shape index (κ3) is 1.51. The second-order valence-corrected chi connectivity index (χ2v) is 10.7. The summed E-state index contributed by atoms with van der Waals surface area (Å²) in [4.78, 5) is 17.6. The first-order chi connectivity index (χ1) is 14.5. The molecular weight excluding hydrogens is 408 g/mol. The maximum Gasteiger partial charge on any atom is 0.402 e. The Bertz CT molecular complexity index is 1180. The van der Waals surface area contributed by atoms with Crippen LogP contribution in [0.5, 0.6) is 0 Å². The van der Waals surface area contributed by atoms with E-state index < -0.39 is 33.7 Å². The predicted molar refractivity (Wildman–Crippen MR) is 103 cm³/mol. The molecule has 1 aromatic carbocycles. The lowest BCUT2D eigenvalue weighted by molar-refractivity contribution is -0.188. The average molecular weight is 428 g/mol. The van der Waals surface area contributed by atoms with Gasteiger partial charge in [0.1, 0.15) is 6.10 Å². The van der Waals surface area contributed by atoms with Gasteiger partial charge in [0, 0.05) is 24.9 Å². The van der Waals surface area contributed by atoms with Crippen LogP contribution < -0.4 is 4.90 Å². The quantitative estimate of drug-likeness (QED) is 0.562. The van der Waals surface area contributed by atoms with Gasteiger partial charge in [-0.05, 0) is 18.1 Å². The van der Waals surface area contributed by atoms with Crippen LogP contribution in [0.4, 0.5) is 5.69 Å². The number of ether oxygens (including phenoxy) is 1. The summed E-state index contributed by atoms with van der Waals surface area (Å²) < 4.78 is 44.3. The van der Waals surface area contributed by atoms with Gasteiger partial charge in [0.2, 0.25) is 5.91 Å². The van der Waals surface area contributed by atoms with Crippen LogP contribution in [-0.2, 0) is 33.7 Å². The lowest BCUT2D eigenvalue weighted by Gasteiger charge is -2.63. The van der Waals surface area contributed by atoms with Gasteiger partial charge < -0.3 is 4.74 Å². The molecule has 8 aliphatic rings. The van der Waals surface area contributed by atoms with Crippen LogP contribution in [0.25, 0.3) is 0 Å². The van der Waals surface area contributed by atoms with Crippen LogP contribution >= 0.6 is 0 Å².